The molecule has 1 N–H and O–H groups in total. The number of likely N-dealkylation sites (N-methyl/N-ethyl adjacent to an activating group) is 1. The van der Waals surface area contributed by atoms with E-state index in [4.69, 9.17) is 0 Å². The van der Waals surface area contributed by atoms with Gasteiger partial charge in [0.25, 0.3) is 0 Å². The number of hydrogen-bond donors (Lipinski definition) is 1. The summed E-state index contributed by atoms with van der Waals surface area (Å²) in [4.78, 5) is 10.6. The van der Waals surface area contributed by atoms with Crippen LogP contribution in [0.25, 0.3) is 0 Å². The van der Waals surface area contributed by atoms with Gasteiger partial charge >= 0.3 is 0 Å². The van der Waals surface area contributed by atoms with Crippen LogP contribution in [0.5, 0.6) is 0 Å². The van der Waals surface area contributed by atoms with E-state index < -0.39 is 0 Å². The number of hydrogen-bond acceptors (Lipinski definition) is 4. The highest BCUT2D eigenvalue weighted by Crippen LogP contribution is 2.16. The minimum atomic E-state index is 0.671. The second kappa shape index (κ2) is 5.07. The number of nitrogens with zero attached hydrogens (tertiary/aromatic N) is 3. The van der Waals surface area contributed by atoms with Gasteiger partial charge in [-0.15, -0.1) is 0 Å². The molecule has 0 radical (unpaired) electrons. The molecule has 0 amide bonds. The van der Waals surface area contributed by atoms with Gasteiger partial charge in [0.15, 0.2) is 0 Å². The number of likely N-dealkylation sites (tertiary alicyclic amines) is 1. The van der Waals surface area contributed by atoms with E-state index in [2.05, 4.69) is 27.1 Å². The average molecular weight is 206 g/mol. The van der Waals surface area contributed by atoms with Crippen molar-refractivity contribution in [1.29, 1.82) is 0 Å². The lowest BCUT2D eigenvalue weighted by Gasteiger charge is -2.22. The van der Waals surface area contributed by atoms with Crippen LogP contribution in [0.2, 0.25) is 0 Å². The minimum absolute atomic E-state index is 0.671. The van der Waals surface area contributed by atoms with Crippen molar-refractivity contribution >= 4 is 5.82 Å². The molecule has 0 saturated carbocycles. The van der Waals surface area contributed by atoms with Gasteiger partial charge in [0, 0.05) is 18.8 Å². The van der Waals surface area contributed by atoms with Crippen molar-refractivity contribution in [1.82, 2.24) is 14.9 Å². The number of aromatic nitrogens is 2. The Balaban J connectivity index is 1.83. The first-order chi connectivity index (χ1) is 7.40. The summed E-state index contributed by atoms with van der Waals surface area (Å²) < 4.78 is 0. The second-order valence-electron chi connectivity index (χ2n) is 3.90. The van der Waals surface area contributed by atoms with Crippen LogP contribution in [0.3, 0.4) is 0 Å². The normalized spacial score (nSPS) is 21.8. The van der Waals surface area contributed by atoms with Gasteiger partial charge in [0.05, 0.1) is 0 Å². The summed E-state index contributed by atoms with van der Waals surface area (Å²) in [6.45, 7) is 5.61. The van der Waals surface area contributed by atoms with Crippen molar-refractivity contribution in [2.24, 2.45) is 0 Å². The molecule has 4 nitrogen and oxygen atoms in total. The fourth-order valence-electron chi connectivity index (χ4n) is 2.16. The standard InChI is InChI=1S/C11H18N4/c1-2-15-7-3-4-10(15)8-13-11-5-6-12-9-14-11/h5-6,9-10H,2-4,7-8H2,1H3,(H,12,13,14). The predicted octanol–water partition coefficient (Wildman–Crippen LogP) is 1.37. The highest BCUT2D eigenvalue weighted by Gasteiger charge is 2.22. The molecule has 2 rings (SSSR count). The number of anilines is 1. The molecule has 1 aromatic heterocycles. The SMILES string of the molecule is CCN1CCCC1CNc1ccncn1. The molecule has 1 atom stereocenters. The highest BCUT2D eigenvalue weighted by molar-refractivity contribution is 5.31. The Kier molecular flexibility index (Phi) is 3.50. The molecule has 0 aromatic carbocycles. The van der Waals surface area contributed by atoms with Crippen molar-refractivity contribution in [3.05, 3.63) is 18.6 Å². The van der Waals surface area contributed by atoms with Gasteiger partial charge in [-0.1, -0.05) is 6.92 Å². The maximum absolute atomic E-state index is 4.15. The van der Waals surface area contributed by atoms with Gasteiger partial charge in [-0.2, -0.15) is 0 Å². The first-order valence-electron chi connectivity index (χ1n) is 5.64. The van der Waals surface area contributed by atoms with Crippen molar-refractivity contribution < 1.29 is 0 Å². The van der Waals surface area contributed by atoms with E-state index in [-0.39, 0.29) is 0 Å². The van der Waals surface area contributed by atoms with Gasteiger partial charge in [-0.3, -0.25) is 4.90 Å². The van der Waals surface area contributed by atoms with Gasteiger partial charge in [0.1, 0.15) is 12.1 Å². The summed E-state index contributed by atoms with van der Waals surface area (Å²) in [6, 6.07) is 2.58. The first-order valence-corrected chi connectivity index (χ1v) is 5.64. The molecule has 1 unspecified atom stereocenters. The fraction of sp³-hybridized carbons (Fsp3) is 0.636. The topological polar surface area (TPSA) is 41.0 Å². The van der Waals surface area contributed by atoms with Gasteiger partial charge in [0.2, 0.25) is 0 Å². The van der Waals surface area contributed by atoms with Crippen LogP contribution in [0.4, 0.5) is 5.82 Å². The van der Waals surface area contributed by atoms with Crippen LogP contribution in [-0.4, -0.2) is 40.5 Å². The van der Waals surface area contributed by atoms with E-state index in [0.29, 0.717) is 6.04 Å². The Morgan fingerprint density at radius 2 is 2.53 bits per heavy atom. The fourth-order valence-corrected chi connectivity index (χ4v) is 2.16. The van der Waals surface area contributed by atoms with Crippen molar-refractivity contribution in [3.63, 3.8) is 0 Å². The molecular formula is C11H18N4. The van der Waals surface area contributed by atoms with E-state index >= 15 is 0 Å². The van der Waals surface area contributed by atoms with E-state index in [9.17, 15) is 0 Å². The van der Waals surface area contributed by atoms with E-state index in [1.54, 1.807) is 12.5 Å². The summed E-state index contributed by atoms with van der Waals surface area (Å²) in [5, 5.41) is 3.36. The average Bonchev–Trinajstić information content (AvgIpc) is 2.75. The van der Waals surface area contributed by atoms with Gasteiger partial charge < -0.3 is 5.32 Å². The summed E-state index contributed by atoms with van der Waals surface area (Å²) in [5.41, 5.74) is 0. The maximum atomic E-state index is 4.15. The zero-order valence-corrected chi connectivity index (χ0v) is 9.19. The number of nitrogens with one attached hydrogen (secondary N) is 1. The zero-order chi connectivity index (χ0) is 10.5. The third-order valence-corrected chi connectivity index (χ3v) is 3.01. The lowest BCUT2D eigenvalue weighted by molar-refractivity contribution is 0.277. The monoisotopic (exact) mass is 206 g/mol. The Labute approximate surface area is 90.7 Å². The molecular weight excluding hydrogens is 188 g/mol. The van der Waals surface area contributed by atoms with Crippen LogP contribution in [-0.2, 0) is 0 Å². The molecule has 4 heteroatoms. The Bertz CT molecular complexity index is 288. The molecule has 1 saturated heterocycles. The Morgan fingerprint density at radius 1 is 1.60 bits per heavy atom. The van der Waals surface area contributed by atoms with E-state index in [1.165, 1.54) is 19.4 Å². The second-order valence-corrected chi connectivity index (χ2v) is 3.90. The maximum Gasteiger partial charge on any atom is 0.129 e. The zero-order valence-electron chi connectivity index (χ0n) is 9.19. The van der Waals surface area contributed by atoms with Crippen LogP contribution < -0.4 is 5.32 Å². The first kappa shape index (κ1) is 10.4. The lowest BCUT2D eigenvalue weighted by atomic mass is 10.2. The molecule has 0 bridgehead atoms. The smallest absolute Gasteiger partial charge is 0.129 e. The van der Waals surface area contributed by atoms with E-state index in [0.717, 1.165) is 18.9 Å². The minimum Gasteiger partial charge on any atom is -0.368 e. The van der Waals surface area contributed by atoms with Crippen molar-refractivity contribution in [2.45, 2.75) is 25.8 Å². The summed E-state index contributed by atoms with van der Waals surface area (Å²) in [5.74, 6) is 0.924. The summed E-state index contributed by atoms with van der Waals surface area (Å²) in [6.07, 6.45) is 5.96. The molecule has 0 aliphatic carbocycles. The molecule has 0 spiro atoms. The Hall–Kier alpha value is -1.16. The Morgan fingerprint density at radius 3 is 3.27 bits per heavy atom. The largest absolute Gasteiger partial charge is 0.368 e. The van der Waals surface area contributed by atoms with Crippen LogP contribution in [0, 0.1) is 0 Å². The molecule has 1 aromatic rings. The molecule has 2 heterocycles. The van der Waals surface area contributed by atoms with Gasteiger partial charge in [-0.25, -0.2) is 9.97 Å². The molecule has 1 aliphatic rings. The van der Waals surface area contributed by atoms with Crippen molar-refractivity contribution in [2.75, 3.05) is 25.0 Å². The molecule has 1 aliphatic heterocycles. The van der Waals surface area contributed by atoms with E-state index in [1.807, 2.05) is 6.07 Å². The molecule has 82 valence electrons. The number of rotatable bonds is 4. The predicted molar refractivity (Wildman–Crippen MR) is 60.8 cm³/mol. The summed E-state index contributed by atoms with van der Waals surface area (Å²) >= 11 is 0. The third-order valence-electron chi connectivity index (χ3n) is 3.01. The summed E-state index contributed by atoms with van der Waals surface area (Å²) in [7, 11) is 0. The van der Waals surface area contributed by atoms with Crippen LogP contribution in [0.15, 0.2) is 18.6 Å². The lowest BCUT2D eigenvalue weighted by Crippen LogP contribution is -2.34. The molecule has 15 heavy (non-hydrogen) atoms. The highest BCUT2D eigenvalue weighted by atomic mass is 15.2. The van der Waals surface area contributed by atoms with Crippen LogP contribution >= 0.6 is 0 Å². The molecule has 1 fully saturated rings. The van der Waals surface area contributed by atoms with Crippen LogP contribution in [0.1, 0.15) is 19.8 Å². The van der Waals surface area contributed by atoms with Crippen molar-refractivity contribution in [3.8, 4) is 0 Å². The van der Waals surface area contributed by atoms with Gasteiger partial charge in [-0.05, 0) is 32.0 Å². The quantitative estimate of drug-likeness (QED) is 0.808. The third kappa shape index (κ3) is 2.65.